The number of anilines is 1. The fourth-order valence-electron chi connectivity index (χ4n) is 2.31. The summed E-state index contributed by atoms with van der Waals surface area (Å²) in [5.41, 5.74) is -0.260. The molecule has 0 saturated heterocycles. The molecule has 162 valence electrons. The number of carbonyl (C=O) groups excluding carboxylic acids is 2. The van der Waals surface area contributed by atoms with E-state index in [-0.39, 0.29) is 6.54 Å². The van der Waals surface area contributed by atoms with Gasteiger partial charge in [-0.3, -0.25) is 9.59 Å². The molecule has 0 unspecified atom stereocenters. The topological polar surface area (TPSA) is 108 Å². The van der Waals surface area contributed by atoms with Gasteiger partial charge in [0.25, 0.3) is 0 Å². The summed E-state index contributed by atoms with van der Waals surface area (Å²) < 4.78 is 64.6. The summed E-state index contributed by atoms with van der Waals surface area (Å²) in [7, 11) is -3.08. The molecule has 1 heterocycles. The van der Waals surface area contributed by atoms with Crippen LogP contribution in [-0.4, -0.2) is 50.3 Å². The molecule has 0 aliphatic heterocycles. The van der Waals surface area contributed by atoms with E-state index in [0.717, 1.165) is 28.7 Å². The lowest BCUT2D eigenvalue weighted by atomic mass is 10.2. The number of nitrogens with one attached hydrogen (secondary N) is 2. The highest BCUT2D eigenvalue weighted by Gasteiger charge is 2.31. The Labute approximate surface area is 171 Å². The minimum Gasteiger partial charge on any atom is -0.335 e. The van der Waals surface area contributed by atoms with Crippen molar-refractivity contribution < 1.29 is 31.2 Å². The first kappa shape index (κ1) is 23.3. The van der Waals surface area contributed by atoms with Crippen LogP contribution in [0.15, 0.2) is 47.5 Å². The van der Waals surface area contributed by atoms with Crippen LogP contribution in [0.5, 0.6) is 0 Å². The number of hydrogen-bond acceptors (Lipinski definition) is 5. The Morgan fingerprint density at radius 2 is 1.87 bits per heavy atom. The summed E-state index contributed by atoms with van der Waals surface area (Å²) in [5, 5.41) is 2.50. The van der Waals surface area contributed by atoms with Gasteiger partial charge in [0.15, 0.2) is 0 Å². The molecule has 1 aromatic heterocycles. The Balaban J connectivity index is 1.94. The van der Waals surface area contributed by atoms with Gasteiger partial charge in [0.1, 0.15) is 5.82 Å². The summed E-state index contributed by atoms with van der Waals surface area (Å²) in [5.74, 6) is -1.01. The lowest BCUT2D eigenvalue weighted by Gasteiger charge is -2.17. The van der Waals surface area contributed by atoms with Gasteiger partial charge in [-0.05, 0) is 42.8 Å². The van der Waals surface area contributed by atoms with E-state index in [1.54, 1.807) is 12.1 Å². The van der Waals surface area contributed by atoms with Crippen molar-refractivity contribution in [1.29, 1.82) is 0 Å². The van der Waals surface area contributed by atoms with Crippen LogP contribution in [0.25, 0.3) is 0 Å². The van der Waals surface area contributed by atoms with Gasteiger partial charge in [-0.15, -0.1) is 0 Å². The van der Waals surface area contributed by atoms with Crippen LogP contribution in [0.3, 0.4) is 0 Å². The first-order valence-electron chi connectivity index (χ1n) is 8.52. The summed E-state index contributed by atoms with van der Waals surface area (Å²) >= 11 is 0. The van der Waals surface area contributed by atoms with Crippen LogP contribution >= 0.6 is 0 Å². The van der Waals surface area contributed by atoms with Crippen molar-refractivity contribution in [3.8, 4) is 0 Å². The fraction of sp³-hybridized carbons (Fsp3) is 0.278. The number of hydrogen-bond donors (Lipinski definition) is 2. The Morgan fingerprint density at radius 3 is 2.50 bits per heavy atom. The van der Waals surface area contributed by atoms with Crippen LogP contribution in [0.1, 0.15) is 11.1 Å². The smallest absolute Gasteiger partial charge is 0.335 e. The maximum absolute atomic E-state index is 12.8. The molecule has 2 amide bonds. The molecule has 0 fully saturated rings. The highest BCUT2D eigenvalue weighted by molar-refractivity contribution is 7.89. The maximum Gasteiger partial charge on any atom is 0.416 e. The molecule has 12 heteroatoms. The first-order chi connectivity index (χ1) is 13.9. The number of halogens is 3. The number of aromatic nitrogens is 1. The molecular weight excluding hydrogens is 425 g/mol. The predicted octanol–water partition coefficient (Wildman–Crippen LogP) is 1.78. The third-order valence-corrected chi connectivity index (χ3v) is 5.27. The number of sulfonamides is 1. The maximum atomic E-state index is 12.8. The van der Waals surface area contributed by atoms with Gasteiger partial charge in [0.05, 0.1) is 23.5 Å². The molecule has 2 aromatic rings. The molecule has 2 N–H and O–H groups in total. The number of nitrogens with zero attached hydrogens (tertiary/aromatic N) is 2. The minimum absolute atomic E-state index is 0.297. The molecule has 0 aliphatic rings. The zero-order valence-electron chi connectivity index (χ0n) is 16.0. The molecular formula is C18H19F3N4O4S. The van der Waals surface area contributed by atoms with Crippen molar-refractivity contribution in [3.05, 3.63) is 53.7 Å². The molecule has 0 saturated carbocycles. The molecule has 30 heavy (non-hydrogen) atoms. The van der Waals surface area contributed by atoms with Crippen LogP contribution in [0.2, 0.25) is 0 Å². The van der Waals surface area contributed by atoms with Crippen LogP contribution in [0.4, 0.5) is 19.0 Å². The molecule has 0 atom stereocenters. The highest BCUT2D eigenvalue weighted by Crippen LogP contribution is 2.30. The summed E-state index contributed by atoms with van der Waals surface area (Å²) in [6.45, 7) is 0.703. The number of benzene rings is 1. The largest absolute Gasteiger partial charge is 0.416 e. The van der Waals surface area contributed by atoms with Crippen LogP contribution < -0.4 is 10.0 Å². The van der Waals surface area contributed by atoms with Crippen LogP contribution in [-0.2, 0) is 25.8 Å². The quantitative estimate of drug-likeness (QED) is 0.677. The lowest BCUT2D eigenvalue weighted by molar-refractivity contribution is -0.137. The second-order valence-electron chi connectivity index (χ2n) is 6.37. The Bertz CT molecular complexity index is 1040. The highest BCUT2D eigenvalue weighted by atomic mass is 32.2. The molecule has 8 nitrogen and oxygen atoms in total. The van der Waals surface area contributed by atoms with Crippen molar-refractivity contribution in [2.45, 2.75) is 18.0 Å². The number of amides is 2. The molecule has 0 aliphatic carbocycles. The summed E-state index contributed by atoms with van der Waals surface area (Å²) in [6, 6.07) is 6.51. The summed E-state index contributed by atoms with van der Waals surface area (Å²) in [6.07, 6.45) is -3.20. The van der Waals surface area contributed by atoms with Crippen molar-refractivity contribution >= 4 is 27.7 Å². The average molecular weight is 444 g/mol. The van der Waals surface area contributed by atoms with E-state index >= 15 is 0 Å². The second kappa shape index (κ2) is 9.22. The second-order valence-corrected chi connectivity index (χ2v) is 8.13. The van der Waals surface area contributed by atoms with Crippen molar-refractivity contribution in [1.82, 2.24) is 14.6 Å². The normalized spacial score (nSPS) is 11.8. The Hall–Kier alpha value is -2.99. The van der Waals surface area contributed by atoms with Gasteiger partial charge < -0.3 is 10.2 Å². The van der Waals surface area contributed by atoms with Crippen LogP contribution in [0, 0.1) is 6.92 Å². The predicted molar refractivity (Wildman–Crippen MR) is 102 cm³/mol. The Morgan fingerprint density at radius 1 is 1.17 bits per heavy atom. The van der Waals surface area contributed by atoms with E-state index < -0.39 is 45.0 Å². The third-order valence-electron chi connectivity index (χ3n) is 3.87. The fourth-order valence-corrected chi connectivity index (χ4v) is 3.33. The van der Waals surface area contributed by atoms with E-state index in [0.29, 0.717) is 11.9 Å². The monoisotopic (exact) mass is 444 g/mol. The SMILES string of the molecule is Cc1ccnc(NC(=O)CN(C)C(=O)CNS(=O)(=O)c2cccc(C(F)(F)F)c2)c1. The standard InChI is InChI=1S/C18H19F3N4O4S/c1-12-6-7-22-15(8-12)24-16(26)11-25(2)17(27)10-23-30(28,29)14-5-3-4-13(9-14)18(19,20)21/h3-9,23H,10-11H2,1-2H3,(H,22,24,26). The molecule has 0 bridgehead atoms. The number of aryl methyl sites for hydroxylation is 1. The Kier molecular flexibility index (Phi) is 7.16. The van der Waals surface area contributed by atoms with E-state index in [4.69, 9.17) is 0 Å². The molecule has 2 rings (SSSR count). The van der Waals surface area contributed by atoms with Gasteiger partial charge in [-0.2, -0.15) is 13.2 Å². The lowest BCUT2D eigenvalue weighted by Crippen LogP contribution is -2.41. The van der Waals surface area contributed by atoms with Crippen molar-refractivity contribution in [3.63, 3.8) is 0 Å². The average Bonchev–Trinajstić information content (AvgIpc) is 2.65. The third kappa shape index (κ3) is 6.52. The van der Waals surface area contributed by atoms with Gasteiger partial charge in [0, 0.05) is 13.2 Å². The molecule has 0 radical (unpaired) electrons. The summed E-state index contributed by atoms with van der Waals surface area (Å²) in [4.78, 5) is 28.4. The number of alkyl halides is 3. The zero-order valence-corrected chi connectivity index (χ0v) is 16.8. The van der Waals surface area contributed by atoms with E-state index in [2.05, 4.69) is 10.3 Å². The molecule has 0 spiro atoms. The van der Waals surface area contributed by atoms with Crippen molar-refractivity contribution in [2.75, 3.05) is 25.5 Å². The van der Waals surface area contributed by atoms with E-state index in [9.17, 15) is 31.2 Å². The molecule has 1 aromatic carbocycles. The number of rotatable bonds is 7. The van der Waals surface area contributed by atoms with Gasteiger partial charge >= 0.3 is 6.18 Å². The van der Waals surface area contributed by atoms with E-state index in [1.807, 2.05) is 11.6 Å². The zero-order chi connectivity index (χ0) is 22.5. The van der Waals surface area contributed by atoms with E-state index in [1.165, 1.54) is 13.2 Å². The first-order valence-corrected chi connectivity index (χ1v) is 10.0. The van der Waals surface area contributed by atoms with Gasteiger partial charge in [-0.25, -0.2) is 18.1 Å². The van der Waals surface area contributed by atoms with Gasteiger partial charge in [0.2, 0.25) is 21.8 Å². The number of likely N-dealkylation sites (N-methyl/N-ethyl adjacent to an activating group) is 1. The number of pyridine rings is 1. The number of carbonyl (C=O) groups is 2. The van der Waals surface area contributed by atoms with Gasteiger partial charge in [-0.1, -0.05) is 6.07 Å². The minimum atomic E-state index is -4.71. The van der Waals surface area contributed by atoms with Crippen molar-refractivity contribution in [2.24, 2.45) is 0 Å².